The van der Waals surface area contributed by atoms with Gasteiger partial charge in [0, 0.05) is 16.1 Å². The molecule has 0 bridgehead atoms. The van der Waals surface area contributed by atoms with E-state index < -0.39 is 11.8 Å². The summed E-state index contributed by atoms with van der Waals surface area (Å²) < 4.78 is 11.6. The quantitative estimate of drug-likeness (QED) is 0.188. The molecule has 36 heavy (non-hydrogen) atoms. The zero-order chi connectivity index (χ0) is 25.3. The number of fused-ring (bicyclic) bond motifs is 1. The largest absolute Gasteiger partial charge is 0.490 e. The van der Waals surface area contributed by atoms with E-state index in [0.717, 1.165) is 16.3 Å². The van der Waals surface area contributed by atoms with E-state index in [1.165, 1.54) is 6.21 Å². The molecule has 0 fully saturated rings. The highest BCUT2D eigenvalue weighted by Gasteiger charge is 2.14. The van der Waals surface area contributed by atoms with Gasteiger partial charge in [0.05, 0.1) is 12.8 Å². The van der Waals surface area contributed by atoms with Crippen LogP contribution in [-0.2, 0) is 16.2 Å². The van der Waals surface area contributed by atoms with Crippen molar-refractivity contribution in [3.05, 3.63) is 101 Å². The van der Waals surface area contributed by atoms with Gasteiger partial charge >= 0.3 is 11.8 Å². The van der Waals surface area contributed by atoms with Crippen molar-refractivity contribution in [3.8, 4) is 11.5 Å². The summed E-state index contributed by atoms with van der Waals surface area (Å²) in [6.07, 6.45) is 1.43. The number of nitrogens with zero attached hydrogens (tertiary/aromatic N) is 1. The molecule has 0 aliphatic carbocycles. The van der Waals surface area contributed by atoms with Crippen molar-refractivity contribution in [2.24, 2.45) is 5.10 Å². The Bertz CT molecular complexity index is 1400. The third-order valence-electron chi connectivity index (χ3n) is 5.20. The van der Waals surface area contributed by atoms with Crippen molar-refractivity contribution in [1.29, 1.82) is 0 Å². The lowest BCUT2D eigenvalue weighted by Crippen LogP contribution is -2.32. The first-order chi connectivity index (χ1) is 17.5. The summed E-state index contributed by atoms with van der Waals surface area (Å²) >= 11 is 5.93. The van der Waals surface area contributed by atoms with Crippen LogP contribution in [-0.4, -0.2) is 24.6 Å². The number of hydrogen-bond donors (Lipinski definition) is 2. The Morgan fingerprint density at radius 1 is 0.889 bits per heavy atom. The van der Waals surface area contributed by atoms with Crippen LogP contribution in [0.4, 0.5) is 5.69 Å². The molecule has 0 heterocycles. The number of carbonyl (C=O) groups is 2. The molecule has 0 saturated heterocycles. The maximum Gasteiger partial charge on any atom is 0.329 e. The van der Waals surface area contributed by atoms with Crippen molar-refractivity contribution in [2.75, 3.05) is 11.9 Å². The minimum atomic E-state index is -0.882. The summed E-state index contributed by atoms with van der Waals surface area (Å²) in [7, 11) is 0. The Kier molecular flexibility index (Phi) is 8.16. The molecule has 7 nitrogen and oxygen atoms in total. The number of anilines is 1. The lowest BCUT2D eigenvalue weighted by atomic mass is 10.1. The monoisotopic (exact) mass is 501 g/mol. The predicted octanol–water partition coefficient (Wildman–Crippen LogP) is 5.56. The average Bonchev–Trinajstić information content (AvgIpc) is 2.89. The minimum Gasteiger partial charge on any atom is -0.490 e. The van der Waals surface area contributed by atoms with E-state index in [1.807, 2.05) is 55.5 Å². The third-order valence-corrected chi connectivity index (χ3v) is 5.45. The fourth-order valence-corrected chi connectivity index (χ4v) is 3.59. The molecule has 8 heteroatoms. The number of hydrazone groups is 1. The zero-order valence-corrected chi connectivity index (χ0v) is 20.3. The second-order valence-electron chi connectivity index (χ2n) is 7.73. The Balaban J connectivity index is 1.37. The molecule has 0 spiro atoms. The van der Waals surface area contributed by atoms with Crippen LogP contribution in [0.15, 0.2) is 90.0 Å². The van der Waals surface area contributed by atoms with Gasteiger partial charge < -0.3 is 14.8 Å². The standard InChI is InChI=1S/C28H24ClN3O4/c1-2-35-26-16-20(12-15-25(26)36-18-19-10-13-22(29)14-11-19)17-30-32-28(34)27(33)31-24-9-5-7-21-6-3-4-8-23(21)24/h3-17H,2,18H2,1H3,(H,31,33)(H,32,34)/b30-17+. The van der Waals surface area contributed by atoms with Crippen LogP contribution in [0.3, 0.4) is 0 Å². The zero-order valence-electron chi connectivity index (χ0n) is 19.5. The molecule has 4 rings (SSSR count). The lowest BCUT2D eigenvalue weighted by molar-refractivity contribution is -0.136. The highest BCUT2D eigenvalue weighted by molar-refractivity contribution is 6.40. The van der Waals surface area contributed by atoms with Crippen molar-refractivity contribution in [1.82, 2.24) is 5.43 Å². The maximum atomic E-state index is 12.3. The topological polar surface area (TPSA) is 89.0 Å². The number of benzene rings is 4. The van der Waals surface area contributed by atoms with Gasteiger partial charge in [-0.1, -0.05) is 60.1 Å². The van der Waals surface area contributed by atoms with Gasteiger partial charge in [-0.25, -0.2) is 5.43 Å². The van der Waals surface area contributed by atoms with Gasteiger partial charge in [0.15, 0.2) is 11.5 Å². The molecule has 0 unspecified atom stereocenters. The van der Waals surface area contributed by atoms with Gasteiger partial charge in [-0.15, -0.1) is 0 Å². The lowest BCUT2D eigenvalue weighted by Gasteiger charge is -2.12. The Morgan fingerprint density at radius 3 is 2.47 bits per heavy atom. The fraction of sp³-hybridized carbons (Fsp3) is 0.107. The highest BCUT2D eigenvalue weighted by atomic mass is 35.5. The Hall–Kier alpha value is -4.36. The number of hydrogen-bond acceptors (Lipinski definition) is 5. The molecule has 2 N–H and O–H groups in total. The van der Waals surface area contributed by atoms with E-state index in [2.05, 4.69) is 15.8 Å². The van der Waals surface area contributed by atoms with Crippen LogP contribution >= 0.6 is 11.6 Å². The van der Waals surface area contributed by atoms with Crippen molar-refractivity contribution in [2.45, 2.75) is 13.5 Å². The first kappa shape index (κ1) is 24.8. The number of halogens is 1. The number of ether oxygens (including phenoxy) is 2. The van der Waals surface area contributed by atoms with Crippen molar-refractivity contribution >= 4 is 46.1 Å². The van der Waals surface area contributed by atoms with Gasteiger partial charge in [-0.3, -0.25) is 9.59 Å². The van der Waals surface area contributed by atoms with Gasteiger partial charge in [-0.2, -0.15) is 5.10 Å². The maximum absolute atomic E-state index is 12.3. The summed E-state index contributed by atoms with van der Waals surface area (Å²) in [4.78, 5) is 24.6. The Morgan fingerprint density at radius 2 is 1.67 bits per heavy atom. The molecular weight excluding hydrogens is 478 g/mol. The highest BCUT2D eigenvalue weighted by Crippen LogP contribution is 2.29. The van der Waals surface area contributed by atoms with Gasteiger partial charge in [-0.05, 0) is 59.8 Å². The smallest absolute Gasteiger partial charge is 0.329 e. The first-order valence-corrected chi connectivity index (χ1v) is 11.7. The molecule has 0 aliphatic heterocycles. The van der Waals surface area contributed by atoms with E-state index in [9.17, 15) is 9.59 Å². The van der Waals surface area contributed by atoms with E-state index in [4.69, 9.17) is 21.1 Å². The van der Waals surface area contributed by atoms with Gasteiger partial charge in [0.1, 0.15) is 6.61 Å². The number of carbonyl (C=O) groups excluding carboxylic acids is 2. The molecule has 0 aliphatic rings. The summed E-state index contributed by atoms with van der Waals surface area (Å²) in [5, 5.41) is 8.99. The molecule has 0 saturated carbocycles. The van der Waals surface area contributed by atoms with Crippen molar-refractivity contribution < 1.29 is 19.1 Å². The first-order valence-electron chi connectivity index (χ1n) is 11.3. The van der Waals surface area contributed by atoms with Gasteiger partial charge in [0.2, 0.25) is 0 Å². The molecule has 0 radical (unpaired) electrons. The minimum absolute atomic E-state index is 0.354. The van der Waals surface area contributed by atoms with E-state index in [1.54, 1.807) is 36.4 Å². The fourth-order valence-electron chi connectivity index (χ4n) is 3.46. The van der Waals surface area contributed by atoms with Crippen LogP contribution in [0.2, 0.25) is 5.02 Å². The van der Waals surface area contributed by atoms with Crippen LogP contribution in [0.25, 0.3) is 10.8 Å². The molecule has 2 amide bonds. The summed E-state index contributed by atoms with van der Waals surface area (Å²) in [6, 6.07) is 25.7. The Labute approximate surface area is 213 Å². The molecular formula is C28H24ClN3O4. The van der Waals surface area contributed by atoms with E-state index in [-0.39, 0.29) is 0 Å². The van der Waals surface area contributed by atoms with Crippen molar-refractivity contribution in [3.63, 3.8) is 0 Å². The summed E-state index contributed by atoms with van der Waals surface area (Å²) in [6.45, 7) is 2.67. The average molecular weight is 502 g/mol. The van der Waals surface area contributed by atoms with Gasteiger partial charge in [0.25, 0.3) is 0 Å². The number of amides is 2. The van der Waals surface area contributed by atoms with E-state index in [0.29, 0.717) is 41.0 Å². The summed E-state index contributed by atoms with van der Waals surface area (Å²) in [5.74, 6) is -0.588. The third kappa shape index (κ3) is 6.40. The van der Waals surface area contributed by atoms with Crippen LogP contribution < -0.4 is 20.2 Å². The SMILES string of the molecule is CCOc1cc(/C=N/NC(=O)C(=O)Nc2cccc3ccccc23)ccc1OCc1ccc(Cl)cc1. The molecule has 182 valence electrons. The molecule has 0 aromatic heterocycles. The normalized spacial score (nSPS) is 10.8. The summed E-state index contributed by atoms with van der Waals surface area (Å²) in [5.41, 5.74) is 4.43. The number of rotatable bonds is 8. The molecule has 0 atom stereocenters. The molecule has 4 aromatic rings. The van der Waals surface area contributed by atoms with Crippen LogP contribution in [0, 0.1) is 0 Å². The van der Waals surface area contributed by atoms with Crippen LogP contribution in [0.1, 0.15) is 18.1 Å². The van der Waals surface area contributed by atoms with E-state index >= 15 is 0 Å². The number of nitrogens with one attached hydrogen (secondary N) is 2. The predicted molar refractivity (Wildman–Crippen MR) is 142 cm³/mol. The van der Waals surface area contributed by atoms with Crippen LogP contribution in [0.5, 0.6) is 11.5 Å². The molecule has 4 aromatic carbocycles. The second kappa shape index (κ2) is 11.9. The second-order valence-corrected chi connectivity index (χ2v) is 8.17.